The number of nitrogens with two attached hydrogens (primary N) is 1. The van der Waals surface area contributed by atoms with E-state index in [-0.39, 0.29) is 10.6 Å². The highest BCUT2D eigenvalue weighted by atomic mass is 32.2. The first kappa shape index (κ1) is 11.2. The van der Waals surface area contributed by atoms with Gasteiger partial charge in [-0.05, 0) is 18.4 Å². The number of nitrogen functional groups attached to an aromatic ring is 1. The van der Waals surface area contributed by atoms with Crippen LogP contribution in [0.3, 0.4) is 0 Å². The first-order chi connectivity index (χ1) is 6.36. The molecule has 0 saturated heterocycles. The van der Waals surface area contributed by atoms with Crippen molar-refractivity contribution in [1.29, 1.82) is 0 Å². The molecule has 0 aliphatic rings. The number of hydrogen-bond acceptors (Lipinski definition) is 2. The lowest BCUT2D eigenvalue weighted by molar-refractivity contribution is -0.142. The summed E-state index contributed by atoms with van der Waals surface area (Å²) in [5.41, 5.74) is 3.96. The van der Waals surface area contributed by atoms with Crippen molar-refractivity contribution in [3.05, 3.63) is 23.5 Å². The molecule has 0 heterocycles. The number of alkyl halides is 3. The highest BCUT2D eigenvalue weighted by molar-refractivity contribution is 7.98. The van der Waals surface area contributed by atoms with Crippen molar-refractivity contribution in [2.24, 2.45) is 0 Å². The van der Waals surface area contributed by atoms with Crippen LogP contribution < -0.4 is 5.73 Å². The van der Waals surface area contributed by atoms with Gasteiger partial charge < -0.3 is 5.73 Å². The van der Waals surface area contributed by atoms with Crippen LogP contribution in [-0.2, 0) is 6.18 Å². The fraction of sp³-hybridized carbons (Fsp3) is 0.250. The van der Waals surface area contributed by atoms with Crippen molar-refractivity contribution in [2.45, 2.75) is 11.1 Å². The summed E-state index contributed by atoms with van der Waals surface area (Å²) in [7, 11) is 0. The molecule has 0 bridgehead atoms. The number of thioether (sulfide) groups is 1. The lowest BCUT2D eigenvalue weighted by atomic mass is 10.2. The van der Waals surface area contributed by atoms with Crippen LogP contribution in [0.25, 0.3) is 0 Å². The second kappa shape index (κ2) is 3.68. The average molecular weight is 225 g/mol. The van der Waals surface area contributed by atoms with Crippen LogP contribution in [0, 0.1) is 5.82 Å². The molecule has 0 saturated carbocycles. The fourth-order valence-electron chi connectivity index (χ4n) is 1.04. The van der Waals surface area contributed by atoms with Gasteiger partial charge in [0.2, 0.25) is 0 Å². The second-order valence-corrected chi connectivity index (χ2v) is 3.43. The van der Waals surface area contributed by atoms with Crippen LogP contribution in [0.1, 0.15) is 5.56 Å². The molecule has 1 nitrogen and oxygen atoms in total. The van der Waals surface area contributed by atoms with Crippen LogP contribution in [0.15, 0.2) is 17.0 Å². The quantitative estimate of drug-likeness (QED) is 0.451. The summed E-state index contributed by atoms with van der Waals surface area (Å²) in [6, 6.07) is 1.78. The molecule has 0 amide bonds. The Hall–Kier alpha value is -0.910. The standard InChI is InChI=1S/C8H7F4NS/c1-14-6-3-4(13)2-5(9)7(6)8(10,11)12/h2-3H,13H2,1H3. The molecule has 6 heteroatoms. The Kier molecular flexibility index (Phi) is 2.94. The van der Waals surface area contributed by atoms with E-state index in [1.165, 1.54) is 6.26 Å². The van der Waals surface area contributed by atoms with Crippen LogP contribution >= 0.6 is 11.8 Å². The van der Waals surface area contributed by atoms with E-state index >= 15 is 0 Å². The van der Waals surface area contributed by atoms with Gasteiger partial charge in [0, 0.05) is 10.6 Å². The van der Waals surface area contributed by atoms with Gasteiger partial charge >= 0.3 is 6.18 Å². The first-order valence-corrected chi connectivity index (χ1v) is 4.79. The van der Waals surface area contributed by atoms with E-state index in [2.05, 4.69) is 0 Å². The lowest BCUT2D eigenvalue weighted by Gasteiger charge is -2.12. The third-order valence-corrected chi connectivity index (χ3v) is 2.34. The van der Waals surface area contributed by atoms with Gasteiger partial charge in [0.15, 0.2) is 0 Å². The van der Waals surface area contributed by atoms with E-state index in [4.69, 9.17) is 5.73 Å². The zero-order chi connectivity index (χ0) is 10.9. The molecule has 14 heavy (non-hydrogen) atoms. The van der Waals surface area contributed by atoms with Gasteiger partial charge in [-0.3, -0.25) is 0 Å². The summed E-state index contributed by atoms with van der Waals surface area (Å²) < 4.78 is 50.0. The summed E-state index contributed by atoms with van der Waals surface area (Å²) >= 11 is 0.811. The summed E-state index contributed by atoms with van der Waals surface area (Å²) in [5.74, 6) is -1.33. The molecule has 0 unspecified atom stereocenters. The van der Waals surface area contributed by atoms with Crippen molar-refractivity contribution < 1.29 is 17.6 Å². The Morgan fingerprint density at radius 3 is 2.29 bits per heavy atom. The zero-order valence-corrected chi connectivity index (χ0v) is 7.97. The molecule has 0 aromatic heterocycles. The lowest BCUT2D eigenvalue weighted by Crippen LogP contribution is -2.10. The third-order valence-electron chi connectivity index (χ3n) is 1.58. The van der Waals surface area contributed by atoms with E-state index in [1.807, 2.05) is 0 Å². The van der Waals surface area contributed by atoms with Crippen molar-refractivity contribution in [1.82, 2.24) is 0 Å². The third kappa shape index (κ3) is 2.12. The van der Waals surface area contributed by atoms with Crippen molar-refractivity contribution >= 4 is 17.4 Å². The predicted octanol–water partition coefficient (Wildman–Crippen LogP) is 3.15. The Balaban J connectivity index is 3.40. The van der Waals surface area contributed by atoms with E-state index < -0.39 is 17.6 Å². The van der Waals surface area contributed by atoms with Crippen molar-refractivity contribution in [3.63, 3.8) is 0 Å². The van der Waals surface area contributed by atoms with Gasteiger partial charge in [0.1, 0.15) is 11.4 Å². The van der Waals surface area contributed by atoms with Crippen molar-refractivity contribution in [3.8, 4) is 0 Å². The van der Waals surface area contributed by atoms with Crippen molar-refractivity contribution in [2.75, 3.05) is 12.0 Å². The van der Waals surface area contributed by atoms with Gasteiger partial charge in [-0.1, -0.05) is 0 Å². The number of rotatable bonds is 1. The van der Waals surface area contributed by atoms with E-state index in [0.717, 1.165) is 17.8 Å². The van der Waals surface area contributed by atoms with Gasteiger partial charge in [-0.25, -0.2) is 4.39 Å². The monoisotopic (exact) mass is 225 g/mol. The normalized spacial score (nSPS) is 11.8. The second-order valence-electron chi connectivity index (χ2n) is 2.58. The topological polar surface area (TPSA) is 26.0 Å². The molecule has 0 aliphatic heterocycles. The van der Waals surface area contributed by atoms with E-state index in [9.17, 15) is 17.6 Å². The summed E-state index contributed by atoms with van der Waals surface area (Å²) in [6.45, 7) is 0. The predicted molar refractivity (Wildman–Crippen MR) is 47.6 cm³/mol. The number of benzene rings is 1. The first-order valence-electron chi connectivity index (χ1n) is 3.56. The minimum absolute atomic E-state index is 0.0140. The Morgan fingerprint density at radius 1 is 1.29 bits per heavy atom. The molecule has 0 spiro atoms. The van der Waals surface area contributed by atoms with Gasteiger partial charge in [-0.2, -0.15) is 13.2 Å². The van der Waals surface area contributed by atoms with Gasteiger partial charge in [0.25, 0.3) is 0 Å². The van der Waals surface area contributed by atoms with Crippen LogP contribution in [-0.4, -0.2) is 6.26 Å². The zero-order valence-electron chi connectivity index (χ0n) is 7.15. The Bertz CT molecular complexity index is 348. The SMILES string of the molecule is CSc1cc(N)cc(F)c1C(F)(F)F. The molecule has 1 aromatic rings. The number of anilines is 1. The van der Waals surface area contributed by atoms with E-state index in [1.54, 1.807) is 0 Å². The largest absolute Gasteiger partial charge is 0.420 e. The molecule has 0 radical (unpaired) electrons. The maximum atomic E-state index is 13.0. The molecular weight excluding hydrogens is 218 g/mol. The molecule has 2 N–H and O–H groups in total. The maximum absolute atomic E-state index is 13.0. The molecule has 1 rings (SSSR count). The summed E-state index contributed by atoms with van der Waals surface area (Å²) in [5, 5.41) is 0. The smallest absolute Gasteiger partial charge is 0.399 e. The molecule has 1 aromatic carbocycles. The maximum Gasteiger partial charge on any atom is 0.420 e. The van der Waals surface area contributed by atoms with Crippen LogP contribution in [0.4, 0.5) is 23.2 Å². The minimum Gasteiger partial charge on any atom is -0.399 e. The van der Waals surface area contributed by atoms with Gasteiger partial charge in [0.05, 0.1) is 0 Å². The fourth-order valence-corrected chi connectivity index (χ4v) is 1.71. The van der Waals surface area contributed by atoms with E-state index in [0.29, 0.717) is 6.07 Å². The molecular formula is C8H7F4NS. The Labute approximate surface area is 82.3 Å². The highest BCUT2D eigenvalue weighted by Crippen LogP contribution is 2.38. The van der Waals surface area contributed by atoms with Crippen LogP contribution in [0.5, 0.6) is 0 Å². The van der Waals surface area contributed by atoms with Crippen LogP contribution in [0.2, 0.25) is 0 Å². The Morgan fingerprint density at radius 2 is 1.86 bits per heavy atom. The summed E-state index contributed by atoms with van der Waals surface area (Å²) in [6.07, 6.45) is -3.25. The highest BCUT2D eigenvalue weighted by Gasteiger charge is 2.36. The summed E-state index contributed by atoms with van der Waals surface area (Å²) in [4.78, 5) is -0.199. The molecule has 0 atom stereocenters. The van der Waals surface area contributed by atoms with Gasteiger partial charge in [-0.15, -0.1) is 11.8 Å². The minimum atomic E-state index is -4.68. The molecule has 0 aliphatic carbocycles. The molecule has 0 fully saturated rings. The number of halogens is 4. The molecule has 78 valence electrons. The average Bonchev–Trinajstić information content (AvgIpc) is 1.99. The number of hydrogen-bond donors (Lipinski definition) is 1.